The van der Waals surface area contributed by atoms with E-state index in [0.29, 0.717) is 6.17 Å². The Balaban J connectivity index is 2.42. The lowest BCUT2D eigenvalue weighted by molar-refractivity contribution is 0.951. The van der Waals surface area contributed by atoms with Crippen LogP contribution in [0.4, 0.5) is 11.5 Å². The Morgan fingerprint density at radius 3 is 3.20 bits per heavy atom. The lowest BCUT2D eigenvalue weighted by Crippen LogP contribution is -2.16. The number of aromatic nitrogens is 1. The summed E-state index contributed by atoms with van der Waals surface area (Å²) in [5, 5.41) is 6.40. The number of nitrogens with one attached hydrogen (secondary N) is 2. The zero-order valence-corrected chi connectivity index (χ0v) is 5.76. The fourth-order valence-corrected chi connectivity index (χ4v) is 1.11. The summed E-state index contributed by atoms with van der Waals surface area (Å²) in [5.74, 6) is 0.954. The van der Waals surface area contributed by atoms with Gasteiger partial charge in [-0.3, -0.25) is 0 Å². The largest absolute Gasteiger partial charge is 0.363 e. The Kier molecular flexibility index (Phi) is 1.03. The summed E-state index contributed by atoms with van der Waals surface area (Å²) in [6.07, 6.45) is 2.09. The summed E-state index contributed by atoms with van der Waals surface area (Å²) in [4.78, 5) is 4.14. The minimum atomic E-state index is 0.310. The number of hydrogen-bond donors (Lipinski definition) is 2. The molecule has 0 saturated heterocycles. The van der Waals surface area contributed by atoms with E-state index in [9.17, 15) is 0 Å². The molecule has 0 fully saturated rings. The molecule has 2 N–H and O–H groups in total. The molecule has 0 spiro atoms. The van der Waals surface area contributed by atoms with Gasteiger partial charge in [-0.25, -0.2) is 4.98 Å². The quantitative estimate of drug-likeness (QED) is 0.562. The predicted octanol–water partition coefficient (Wildman–Crippen LogP) is 1.26. The summed E-state index contributed by atoms with van der Waals surface area (Å²) in [7, 11) is 0. The van der Waals surface area contributed by atoms with Crippen LogP contribution in [0.15, 0.2) is 18.3 Å². The second kappa shape index (κ2) is 1.87. The van der Waals surface area contributed by atoms with Crippen molar-refractivity contribution in [2.24, 2.45) is 0 Å². The molecule has 1 aromatic heterocycles. The number of pyridine rings is 1. The first-order chi connectivity index (χ1) is 4.86. The monoisotopic (exact) mass is 135 g/mol. The first kappa shape index (κ1) is 5.53. The molecule has 0 aromatic carbocycles. The van der Waals surface area contributed by atoms with Crippen LogP contribution >= 0.6 is 0 Å². The third-order valence-electron chi connectivity index (χ3n) is 1.53. The van der Waals surface area contributed by atoms with Crippen molar-refractivity contribution in [2.75, 3.05) is 10.6 Å². The van der Waals surface area contributed by atoms with Crippen LogP contribution in [-0.4, -0.2) is 11.1 Å². The second-order valence-electron chi connectivity index (χ2n) is 2.41. The fourth-order valence-electron chi connectivity index (χ4n) is 1.11. The fraction of sp³-hybridized carbons (Fsp3) is 0.286. The van der Waals surface area contributed by atoms with E-state index < -0.39 is 0 Å². The standard InChI is InChI=1S/C7H9N3/c1-5-9-6-3-2-4-8-7(6)10-5/h2-5,9H,1H3,(H,8,10). The number of fused-ring (bicyclic) bond motifs is 1. The van der Waals surface area contributed by atoms with E-state index in [1.165, 1.54) is 0 Å². The highest BCUT2D eigenvalue weighted by Gasteiger charge is 2.14. The van der Waals surface area contributed by atoms with Crippen molar-refractivity contribution in [1.29, 1.82) is 0 Å². The molecule has 3 nitrogen and oxygen atoms in total. The van der Waals surface area contributed by atoms with Gasteiger partial charge in [0.1, 0.15) is 0 Å². The van der Waals surface area contributed by atoms with Crippen LogP contribution in [0.5, 0.6) is 0 Å². The lowest BCUT2D eigenvalue weighted by Gasteiger charge is -2.00. The molecule has 10 heavy (non-hydrogen) atoms. The second-order valence-corrected chi connectivity index (χ2v) is 2.41. The van der Waals surface area contributed by atoms with E-state index in [4.69, 9.17) is 0 Å². The van der Waals surface area contributed by atoms with E-state index >= 15 is 0 Å². The number of hydrogen-bond acceptors (Lipinski definition) is 3. The molecule has 0 saturated carbocycles. The highest BCUT2D eigenvalue weighted by molar-refractivity contribution is 5.69. The SMILES string of the molecule is CC1Nc2cccnc2N1. The van der Waals surface area contributed by atoms with Crippen molar-refractivity contribution in [3.8, 4) is 0 Å². The van der Waals surface area contributed by atoms with Crippen LogP contribution < -0.4 is 10.6 Å². The maximum absolute atomic E-state index is 4.14. The van der Waals surface area contributed by atoms with E-state index in [0.717, 1.165) is 11.5 Å². The molecule has 1 aromatic rings. The van der Waals surface area contributed by atoms with Gasteiger partial charge in [-0.2, -0.15) is 0 Å². The van der Waals surface area contributed by atoms with Crippen molar-refractivity contribution in [1.82, 2.24) is 4.98 Å². The topological polar surface area (TPSA) is 37.0 Å². The smallest absolute Gasteiger partial charge is 0.150 e. The molecule has 3 heteroatoms. The van der Waals surface area contributed by atoms with Crippen LogP contribution in [0, 0.1) is 0 Å². The van der Waals surface area contributed by atoms with Gasteiger partial charge in [-0.1, -0.05) is 0 Å². The van der Waals surface area contributed by atoms with Crippen LogP contribution in [0.1, 0.15) is 6.92 Å². The number of rotatable bonds is 0. The van der Waals surface area contributed by atoms with Crippen molar-refractivity contribution in [2.45, 2.75) is 13.1 Å². The van der Waals surface area contributed by atoms with Gasteiger partial charge in [-0.05, 0) is 19.1 Å². The molecular weight excluding hydrogens is 126 g/mol. The van der Waals surface area contributed by atoms with Gasteiger partial charge >= 0.3 is 0 Å². The molecule has 0 bridgehead atoms. The summed E-state index contributed by atoms with van der Waals surface area (Å²) >= 11 is 0. The van der Waals surface area contributed by atoms with Crippen molar-refractivity contribution in [3.05, 3.63) is 18.3 Å². The average molecular weight is 135 g/mol. The average Bonchev–Trinajstić information content (AvgIpc) is 2.27. The molecule has 0 radical (unpaired) electrons. The van der Waals surface area contributed by atoms with Gasteiger partial charge in [0.15, 0.2) is 5.82 Å². The van der Waals surface area contributed by atoms with Crippen molar-refractivity contribution >= 4 is 11.5 Å². The third-order valence-corrected chi connectivity index (χ3v) is 1.53. The van der Waals surface area contributed by atoms with E-state index in [1.807, 2.05) is 12.1 Å². The number of anilines is 2. The normalized spacial score (nSPS) is 21.1. The minimum Gasteiger partial charge on any atom is -0.363 e. The molecule has 0 aliphatic carbocycles. The highest BCUT2D eigenvalue weighted by atomic mass is 15.2. The molecule has 1 aliphatic rings. The van der Waals surface area contributed by atoms with Crippen LogP contribution in [0.2, 0.25) is 0 Å². The molecular formula is C7H9N3. The molecule has 2 rings (SSSR count). The Morgan fingerprint density at radius 1 is 1.50 bits per heavy atom. The van der Waals surface area contributed by atoms with E-state index in [2.05, 4.69) is 22.5 Å². The summed E-state index contributed by atoms with van der Waals surface area (Å²) < 4.78 is 0. The minimum absolute atomic E-state index is 0.310. The molecule has 1 aliphatic heterocycles. The van der Waals surface area contributed by atoms with Crippen LogP contribution in [0.25, 0.3) is 0 Å². The first-order valence-corrected chi connectivity index (χ1v) is 3.34. The van der Waals surface area contributed by atoms with Gasteiger partial charge in [0.05, 0.1) is 11.9 Å². The van der Waals surface area contributed by atoms with Gasteiger partial charge in [0.2, 0.25) is 0 Å². The van der Waals surface area contributed by atoms with Gasteiger partial charge in [0, 0.05) is 6.20 Å². The predicted molar refractivity (Wildman–Crippen MR) is 40.9 cm³/mol. The Labute approximate surface area is 59.5 Å². The highest BCUT2D eigenvalue weighted by Crippen LogP contribution is 2.24. The summed E-state index contributed by atoms with van der Waals surface area (Å²) in [5.41, 5.74) is 1.09. The Morgan fingerprint density at radius 2 is 2.40 bits per heavy atom. The lowest BCUT2D eigenvalue weighted by atomic mass is 10.4. The van der Waals surface area contributed by atoms with Crippen LogP contribution in [0.3, 0.4) is 0 Å². The van der Waals surface area contributed by atoms with E-state index in [-0.39, 0.29) is 0 Å². The van der Waals surface area contributed by atoms with E-state index in [1.54, 1.807) is 6.20 Å². The molecule has 1 unspecified atom stereocenters. The zero-order chi connectivity index (χ0) is 6.97. The Bertz CT molecular complexity index is 221. The molecule has 52 valence electrons. The molecule has 1 atom stereocenters. The Hall–Kier alpha value is -1.25. The molecule has 0 amide bonds. The van der Waals surface area contributed by atoms with Crippen molar-refractivity contribution in [3.63, 3.8) is 0 Å². The summed E-state index contributed by atoms with van der Waals surface area (Å²) in [6, 6.07) is 3.93. The van der Waals surface area contributed by atoms with Crippen LogP contribution in [-0.2, 0) is 0 Å². The maximum atomic E-state index is 4.14. The zero-order valence-electron chi connectivity index (χ0n) is 5.76. The van der Waals surface area contributed by atoms with Gasteiger partial charge in [-0.15, -0.1) is 0 Å². The molecule has 2 heterocycles. The third kappa shape index (κ3) is 0.708. The summed E-state index contributed by atoms with van der Waals surface area (Å²) in [6.45, 7) is 2.06. The van der Waals surface area contributed by atoms with Crippen molar-refractivity contribution < 1.29 is 0 Å². The van der Waals surface area contributed by atoms with Gasteiger partial charge < -0.3 is 10.6 Å². The first-order valence-electron chi connectivity index (χ1n) is 3.34. The number of nitrogens with zero attached hydrogens (tertiary/aromatic N) is 1. The maximum Gasteiger partial charge on any atom is 0.150 e. The van der Waals surface area contributed by atoms with Gasteiger partial charge in [0.25, 0.3) is 0 Å².